The van der Waals surface area contributed by atoms with Gasteiger partial charge in [-0.1, -0.05) is 50.8 Å². The molecule has 0 saturated heterocycles. The van der Waals surface area contributed by atoms with Crippen molar-refractivity contribution >= 4 is 28.4 Å². The second-order valence-corrected chi connectivity index (χ2v) is 9.18. The van der Waals surface area contributed by atoms with E-state index in [-0.39, 0.29) is 11.1 Å². The summed E-state index contributed by atoms with van der Waals surface area (Å²) in [4.78, 5) is 33.3. The highest BCUT2D eigenvalue weighted by atomic mass is 35.5. The van der Waals surface area contributed by atoms with Crippen LogP contribution in [0.1, 0.15) is 80.7 Å². The van der Waals surface area contributed by atoms with Gasteiger partial charge in [-0.25, -0.2) is 4.98 Å². The van der Waals surface area contributed by atoms with Crippen molar-refractivity contribution < 1.29 is 18.0 Å². The fourth-order valence-corrected chi connectivity index (χ4v) is 4.58. The minimum atomic E-state index is -4.56. The number of alkyl halides is 3. The Balaban J connectivity index is 2.13. The highest BCUT2D eigenvalue weighted by Crippen LogP contribution is 2.31. The molecular weight excluding hydrogens is 491 g/mol. The van der Waals surface area contributed by atoms with E-state index < -0.39 is 23.7 Å². The first-order chi connectivity index (χ1) is 17.1. The Morgan fingerprint density at radius 3 is 2.47 bits per heavy atom. The quantitative estimate of drug-likeness (QED) is 0.264. The fourth-order valence-electron chi connectivity index (χ4n) is 4.42. The molecular formula is C27H31ClF3N3O2. The van der Waals surface area contributed by atoms with Crippen molar-refractivity contribution in [2.75, 3.05) is 6.54 Å². The van der Waals surface area contributed by atoms with Crippen molar-refractivity contribution in [1.29, 1.82) is 0 Å². The molecule has 9 heteroatoms. The van der Waals surface area contributed by atoms with Gasteiger partial charge < -0.3 is 4.90 Å². The SMILES string of the molecule is CCCCCCN(C(=O)c1cccc(C(F)(F)F)c1)C(CC)c1nc2cc(Cl)ccc2c(=O)n1CC. The second kappa shape index (κ2) is 11.9. The van der Waals surface area contributed by atoms with Crippen LogP contribution in [0.25, 0.3) is 10.9 Å². The van der Waals surface area contributed by atoms with Gasteiger partial charge in [-0.2, -0.15) is 13.2 Å². The number of fused-ring (bicyclic) bond motifs is 1. The Labute approximate surface area is 213 Å². The van der Waals surface area contributed by atoms with E-state index >= 15 is 0 Å². The van der Waals surface area contributed by atoms with Gasteiger partial charge >= 0.3 is 6.18 Å². The molecule has 0 aliphatic rings. The molecule has 0 saturated carbocycles. The van der Waals surface area contributed by atoms with E-state index in [9.17, 15) is 22.8 Å². The summed E-state index contributed by atoms with van der Waals surface area (Å²) in [5.74, 6) is -0.122. The van der Waals surface area contributed by atoms with Crippen molar-refractivity contribution in [2.24, 2.45) is 0 Å². The number of aromatic nitrogens is 2. The molecule has 0 spiro atoms. The van der Waals surface area contributed by atoms with Crippen LogP contribution >= 0.6 is 11.6 Å². The van der Waals surface area contributed by atoms with Crippen LogP contribution in [0.5, 0.6) is 0 Å². The number of hydrogen-bond acceptors (Lipinski definition) is 3. The second-order valence-electron chi connectivity index (χ2n) is 8.74. The first-order valence-electron chi connectivity index (χ1n) is 12.3. The van der Waals surface area contributed by atoms with Gasteiger partial charge in [-0.3, -0.25) is 14.2 Å². The number of amides is 1. The van der Waals surface area contributed by atoms with Crippen molar-refractivity contribution in [3.05, 3.63) is 74.8 Å². The van der Waals surface area contributed by atoms with E-state index in [0.29, 0.717) is 47.7 Å². The maximum absolute atomic E-state index is 13.7. The van der Waals surface area contributed by atoms with Gasteiger partial charge in [-0.05, 0) is 56.2 Å². The lowest BCUT2D eigenvalue weighted by atomic mass is 10.0. The predicted molar refractivity (Wildman–Crippen MR) is 136 cm³/mol. The summed E-state index contributed by atoms with van der Waals surface area (Å²) >= 11 is 6.15. The average Bonchev–Trinajstić information content (AvgIpc) is 2.85. The third kappa shape index (κ3) is 6.09. The average molecular weight is 522 g/mol. The highest BCUT2D eigenvalue weighted by Gasteiger charge is 2.33. The Morgan fingerprint density at radius 2 is 1.83 bits per heavy atom. The molecule has 5 nitrogen and oxygen atoms in total. The van der Waals surface area contributed by atoms with E-state index in [4.69, 9.17) is 16.6 Å². The monoisotopic (exact) mass is 521 g/mol. The minimum Gasteiger partial charge on any atom is -0.328 e. The summed E-state index contributed by atoms with van der Waals surface area (Å²) in [5.41, 5.74) is -0.752. The van der Waals surface area contributed by atoms with Gasteiger partial charge in [0.1, 0.15) is 5.82 Å². The van der Waals surface area contributed by atoms with Gasteiger partial charge in [-0.15, -0.1) is 0 Å². The minimum absolute atomic E-state index is 0.0482. The maximum atomic E-state index is 13.7. The van der Waals surface area contributed by atoms with Gasteiger partial charge in [0.05, 0.1) is 22.5 Å². The molecule has 0 bridgehead atoms. The number of carbonyl (C=O) groups excluding carboxylic acids is 1. The molecule has 0 aliphatic heterocycles. The number of halogens is 4. The van der Waals surface area contributed by atoms with E-state index in [2.05, 4.69) is 6.92 Å². The third-order valence-electron chi connectivity index (χ3n) is 6.27. The van der Waals surface area contributed by atoms with Crippen LogP contribution in [0.15, 0.2) is 47.3 Å². The summed E-state index contributed by atoms with van der Waals surface area (Å²) in [6, 6.07) is 8.71. The van der Waals surface area contributed by atoms with Crippen LogP contribution in [0.2, 0.25) is 5.02 Å². The Morgan fingerprint density at radius 1 is 1.08 bits per heavy atom. The summed E-state index contributed by atoms with van der Waals surface area (Å²) in [7, 11) is 0. The van der Waals surface area contributed by atoms with Crippen molar-refractivity contribution in [1.82, 2.24) is 14.5 Å². The van der Waals surface area contributed by atoms with Crippen molar-refractivity contribution in [3.63, 3.8) is 0 Å². The van der Waals surface area contributed by atoms with Crippen LogP contribution in [-0.2, 0) is 12.7 Å². The van der Waals surface area contributed by atoms with Gasteiger partial charge in [0.25, 0.3) is 11.5 Å². The zero-order valence-corrected chi connectivity index (χ0v) is 21.5. The molecule has 36 heavy (non-hydrogen) atoms. The summed E-state index contributed by atoms with van der Waals surface area (Å²) < 4.78 is 41.6. The molecule has 1 atom stereocenters. The molecule has 1 unspecified atom stereocenters. The van der Waals surface area contributed by atoms with Crippen molar-refractivity contribution in [2.45, 2.75) is 71.6 Å². The molecule has 3 aromatic rings. The molecule has 0 radical (unpaired) electrons. The summed E-state index contributed by atoms with van der Waals surface area (Å²) in [6.07, 6.45) is -0.591. The first-order valence-corrected chi connectivity index (χ1v) is 12.7. The lowest BCUT2D eigenvalue weighted by Crippen LogP contribution is -2.39. The van der Waals surface area contributed by atoms with E-state index in [1.54, 1.807) is 23.1 Å². The zero-order valence-electron chi connectivity index (χ0n) is 20.7. The fraction of sp³-hybridized carbons (Fsp3) is 0.444. The smallest absolute Gasteiger partial charge is 0.328 e. The molecule has 1 heterocycles. The van der Waals surface area contributed by atoms with Gasteiger partial charge in [0.15, 0.2) is 0 Å². The molecule has 3 rings (SSSR count). The van der Waals surface area contributed by atoms with Crippen molar-refractivity contribution in [3.8, 4) is 0 Å². The van der Waals surface area contributed by atoms with Crippen LogP contribution in [-0.4, -0.2) is 26.9 Å². The summed E-state index contributed by atoms with van der Waals surface area (Å²) in [6.45, 7) is 6.43. The lowest BCUT2D eigenvalue weighted by Gasteiger charge is -2.32. The number of benzene rings is 2. The Bertz CT molecular complexity index is 1270. The largest absolute Gasteiger partial charge is 0.416 e. The molecule has 1 aromatic heterocycles. The Hall–Kier alpha value is -2.87. The lowest BCUT2D eigenvalue weighted by molar-refractivity contribution is -0.137. The van der Waals surface area contributed by atoms with Gasteiger partial charge in [0.2, 0.25) is 0 Å². The molecule has 0 fully saturated rings. The van der Waals surface area contributed by atoms with Crippen LogP contribution in [0.3, 0.4) is 0 Å². The highest BCUT2D eigenvalue weighted by molar-refractivity contribution is 6.31. The molecule has 0 N–H and O–H groups in total. The molecule has 2 aromatic carbocycles. The number of nitrogens with zero attached hydrogens (tertiary/aromatic N) is 3. The predicted octanol–water partition coefficient (Wildman–Crippen LogP) is 7.26. The van der Waals surface area contributed by atoms with Crippen LogP contribution in [0, 0.1) is 0 Å². The van der Waals surface area contributed by atoms with Gasteiger partial charge in [0, 0.05) is 23.7 Å². The number of hydrogen-bond donors (Lipinski definition) is 0. The number of carbonyl (C=O) groups is 1. The Kier molecular flexibility index (Phi) is 9.17. The van der Waals surface area contributed by atoms with E-state index in [1.807, 2.05) is 13.8 Å². The molecule has 0 aliphatic carbocycles. The van der Waals surface area contributed by atoms with Crippen LogP contribution < -0.4 is 5.56 Å². The van der Waals surface area contributed by atoms with Crippen LogP contribution in [0.4, 0.5) is 13.2 Å². The number of rotatable bonds is 10. The third-order valence-corrected chi connectivity index (χ3v) is 6.51. The van der Waals surface area contributed by atoms with E-state index in [0.717, 1.165) is 31.4 Å². The maximum Gasteiger partial charge on any atom is 0.416 e. The molecule has 194 valence electrons. The normalized spacial score (nSPS) is 12.6. The molecule has 1 amide bonds. The topological polar surface area (TPSA) is 55.2 Å². The first kappa shape index (κ1) is 27.7. The summed E-state index contributed by atoms with van der Waals surface area (Å²) in [5, 5.41) is 0.845. The number of unbranched alkanes of at least 4 members (excludes halogenated alkanes) is 3. The zero-order chi connectivity index (χ0) is 26.5. The standard InChI is InChI=1S/C27H31ClF3N3O2/c1-4-7-8-9-15-34(25(35)18-11-10-12-19(16-18)27(29,30)31)23(5-2)24-32-22-17-20(28)13-14-21(22)26(36)33(24)6-3/h10-14,16-17,23H,4-9,15H2,1-3H3. The van der Waals surface area contributed by atoms with E-state index in [1.165, 1.54) is 16.7 Å².